The summed E-state index contributed by atoms with van der Waals surface area (Å²) in [7, 11) is 3.24. The maximum atomic E-state index is 12.8. The van der Waals surface area contributed by atoms with E-state index in [0.717, 1.165) is 34.2 Å². The Morgan fingerprint density at radius 2 is 1.89 bits per heavy atom. The Morgan fingerprint density at radius 1 is 1.06 bits per heavy atom. The Labute approximate surface area is 209 Å². The number of furan rings is 1. The number of methoxy groups -OCH3 is 2. The van der Waals surface area contributed by atoms with Crippen molar-refractivity contribution in [1.82, 2.24) is 15.2 Å². The lowest BCUT2D eigenvalue weighted by Crippen LogP contribution is -2.40. The summed E-state index contributed by atoms with van der Waals surface area (Å²) < 4.78 is 16.2. The van der Waals surface area contributed by atoms with Gasteiger partial charge in [0, 0.05) is 17.6 Å². The van der Waals surface area contributed by atoms with Crippen molar-refractivity contribution >= 4 is 28.2 Å². The number of aryl methyl sites for hydroxylation is 1. The number of nitrogens with one attached hydrogen (secondary N) is 2. The van der Waals surface area contributed by atoms with Crippen molar-refractivity contribution in [3.8, 4) is 11.5 Å². The van der Waals surface area contributed by atoms with E-state index in [1.165, 1.54) is 0 Å². The molecule has 0 aliphatic carbocycles. The highest BCUT2D eigenvalue weighted by atomic mass is 32.1. The summed E-state index contributed by atoms with van der Waals surface area (Å²) in [5.74, 6) is 2.15. The topological polar surface area (TPSA) is 79.7 Å². The number of aromatic nitrogens is 1. The predicted octanol–water partition coefficient (Wildman–Crippen LogP) is 4.57. The number of pyridine rings is 1. The molecular weight excluding hydrogens is 462 g/mol. The van der Waals surface area contributed by atoms with E-state index in [1.54, 1.807) is 20.5 Å². The fourth-order valence-corrected chi connectivity index (χ4v) is 4.17. The van der Waals surface area contributed by atoms with Crippen molar-refractivity contribution in [1.29, 1.82) is 0 Å². The molecule has 0 aliphatic heterocycles. The molecule has 0 amide bonds. The van der Waals surface area contributed by atoms with Crippen LogP contribution in [0.15, 0.2) is 70.1 Å². The lowest BCUT2D eigenvalue weighted by molar-refractivity contribution is 0.350. The monoisotopic (exact) mass is 491 g/mol. The first kappa shape index (κ1) is 24.3. The van der Waals surface area contributed by atoms with Gasteiger partial charge in [0.05, 0.1) is 33.6 Å². The Balaban J connectivity index is 1.48. The summed E-state index contributed by atoms with van der Waals surface area (Å²) in [5.41, 5.74) is 3.53. The summed E-state index contributed by atoms with van der Waals surface area (Å²) in [6.07, 6.45) is 2.37. The van der Waals surface area contributed by atoms with E-state index in [4.69, 9.17) is 26.1 Å². The van der Waals surface area contributed by atoms with Gasteiger partial charge in [-0.1, -0.05) is 18.2 Å². The summed E-state index contributed by atoms with van der Waals surface area (Å²) in [5, 5.41) is 4.85. The third kappa shape index (κ3) is 6.02. The lowest BCUT2D eigenvalue weighted by atomic mass is 10.1. The highest BCUT2D eigenvalue weighted by Crippen LogP contribution is 2.27. The van der Waals surface area contributed by atoms with Crippen LogP contribution in [0.3, 0.4) is 0 Å². The predicted molar refractivity (Wildman–Crippen MR) is 141 cm³/mol. The third-order valence-corrected chi connectivity index (χ3v) is 6.19. The van der Waals surface area contributed by atoms with Crippen LogP contribution >= 0.6 is 12.2 Å². The van der Waals surface area contributed by atoms with Crippen LogP contribution in [0.25, 0.3) is 10.9 Å². The van der Waals surface area contributed by atoms with Gasteiger partial charge < -0.3 is 29.1 Å². The average Bonchev–Trinajstić information content (AvgIpc) is 3.37. The van der Waals surface area contributed by atoms with Crippen LogP contribution in [0, 0.1) is 6.92 Å². The number of H-pyrrole nitrogens is 1. The van der Waals surface area contributed by atoms with E-state index in [0.29, 0.717) is 41.8 Å². The zero-order chi connectivity index (χ0) is 24.8. The highest BCUT2D eigenvalue weighted by molar-refractivity contribution is 7.80. The second-order valence-electron chi connectivity index (χ2n) is 8.32. The van der Waals surface area contributed by atoms with E-state index in [-0.39, 0.29) is 5.56 Å². The molecular formula is C27H29N3O4S. The molecule has 0 spiro atoms. The van der Waals surface area contributed by atoms with Crippen LogP contribution in [0.2, 0.25) is 0 Å². The minimum atomic E-state index is -0.124. The maximum absolute atomic E-state index is 12.8. The van der Waals surface area contributed by atoms with Gasteiger partial charge in [-0.05, 0) is 78.5 Å². The SMILES string of the molecule is COc1ccc(CCNC(=S)N(Cc2ccco2)Cc2cc3ccc(C)cc3[nH]c2=O)cc1OC. The molecule has 8 heteroatoms. The number of thiocarbonyl (C=S) groups is 1. The van der Waals surface area contributed by atoms with Gasteiger partial charge in [-0.25, -0.2) is 0 Å². The molecule has 0 atom stereocenters. The van der Waals surface area contributed by atoms with Crippen molar-refractivity contribution < 1.29 is 13.9 Å². The molecule has 0 aliphatic rings. The fourth-order valence-electron chi connectivity index (χ4n) is 3.94. The second-order valence-corrected chi connectivity index (χ2v) is 8.71. The smallest absolute Gasteiger partial charge is 0.253 e. The summed E-state index contributed by atoms with van der Waals surface area (Å²) >= 11 is 5.72. The Bertz CT molecular complexity index is 1360. The van der Waals surface area contributed by atoms with Gasteiger partial charge >= 0.3 is 0 Å². The molecule has 2 aromatic heterocycles. The van der Waals surface area contributed by atoms with Crippen LogP contribution in [-0.4, -0.2) is 35.8 Å². The van der Waals surface area contributed by atoms with Gasteiger partial charge in [-0.15, -0.1) is 0 Å². The van der Waals surface area contributed by atoms with Gasteiger partial charge in [0.15, 0.2) is 16.6 Å². The van der Waals surface area contributed by atoms with Crippen LogP contribution in [0.4, 0.5) is 0 Å². The van der Waals surface area contributed by atoms with Gasteiger partial charge in [-0.2, -0.15) is 0 Å². The zero-order valence-corrected chi connectivity index (χ0v) is 20.9. The summed E-state index contributed by atoms with van der Waals surface area (Å²) in [6, 6.07) is 17.5. The molecule has 0 saturated heterocycles. The van der Waals surface area contributed by atoms with Gasteiger partial charge in [0.2, 0.25) is 0 Å². The molecule has 182 valence electrons. The molecule has 2 N–H and O–H groups in total. The first-order valence-electron chi connectivity index (χ1n) is 11.4. The summed E-state index contributed by atoms with van der Waals surface area (Å²) in [6.45, 7) is 3.42. The number of benzene rings is 2. The summed E-state index contributed by atoms with van der Waals surface area (Å²) in [4.78, 5) is 17.8. The molecule has 0 unspecified atom stereocenters. The number of hydrogen-bond acceptors (Lipinski definition) is 5. The Hall–Kier alpha value is -3.78. The van der Waals surface area contributed by atoms with Crippen molar-refractivity contribution in [3.05, 3.63) is 93.7 Å². The lowest BCUT2D eigenvalue weighted by Gasteiger charge is -2.25. The van der Waals surface area contributed by atoms with Crippen LogP contribution in [0.5, 0.6) is 11.5 Å². The number of aromatic amines is 1. The van der Waals surface area contributed by atoms with E-state index < -0.39 is 0 Å². The molecule has 35 heavy (non-hydrogen) atoms. The minimum Gasteiger partial charge on any atom is -0.493 e. The fraction of sp³-hybridized carbons (Fsp3) is 0.259. The van der Waals surface area contributed by atoms with Crippen molar-refractivity contribution in [2.24, 2.45) is 0 Å². The quantitative estimate of drug-likeness (QED) is 0.332. The second kappa shape index (κ2) is 11.1. The Morgan fingerprint density at radius 3 is 2.63 bits per heavy atom. The largest absolute Gasteiger partial charge is 0.493 e. The van der Waals surface area contributed by atoms with Crippen LogP contribution < -0.4 is 20.3 Å². The first-order valence-corrected chi connectivity index (χ1v) is 11.8. The van der Waals surface area contributed by atoms with E-state index >= 15 is 0 Å². The van der Waals surface area contributed by atoms with Crippen LogP contribution in [0.1, 0.15) is 22.5 Å². The molecule has 4 aromatic rings. The molecule has 4 rings (SSSR count). The number of rotatable bonds is 9. The molecule has 2 heterocycles. The van der Waals surface area contributed by atoms with E-state index in [9.17, 15) is 4.79 Å². The number of ether oxygens (including phenoxy) is 2. The maximum Gasteiger partial charge on any atom is 0.253 e. The molecule has 2 aromatic carbocycles. The van der Waals surface area contributed by atoms with Crippen molar-refractivity contribution in [2.45, 2.75) is 26.4 Å². The number of nitrogens with zero attached hydrogens (tertiary/aromatic N) is 1. The number of hydrogen-bond donors (Lipinski definition) is 2. The van der Waals surface area contributed by atoms with Crippen LogP contribution in [-0.2, 0) is 19.5 Å². The zero-order valence-electron chi connectivity index (χ0n) is 20.1. The molecule has 0 saturated carbocycles. The van der Waals surface area contributed by atoms with Gasteiger partial charge in [-0.3, -0.25) is 4.79 Å². The van der Waals surface area contributed by atoms with Crippen molar-refractivity contribution in [2.75, 3.05) is 20.8 Å². The van der Waals surface area contributed by atoms with Gasteiger partial charge in [0.1, 0.15) is 5.76 Å². The highest BCUT2D eigenvalue weighted by Gasteiger charge is 2.15. The first-order chi connectivity index (χ1) is 17.0. The normalized spacial score (nSPS) is 10.8. The average molecular weight is 492 g/mol. The van der Waals surface area contributed by atoms with E-state index in [2.05, 4.69) is 10.3 Å². The molecule has 7 nitrogen and oxygen atoms in total. The number of fused-ring (bicyclic) bond motifs is 1. The van der Waals surface area contributed by atoms with E-state index in [1.807, 2.05) is 66.4 Å². The molecule has 0 bridgehead atoms. The molecule has 0 fully saturated rings. The Kier molecular flexibility index (Phi) is 7.72. The molecule has 0 radical (unpaired) electrons. The van der Waals surface area contributed by atoms with Crippen molar-refractivity contribution in [3.63, 3.8) is 0 Å². The van der Waals surface area contributed by atoms with Gasteiger partial charge in [0.25, 0.3) is 5.56 Å². The third-order valence-electron chi connectivity index (χ3n) is 5.79. The minimum absolute atomic E-state index is 0.124. The standard InChI is InChI=1S/C27H29N3O4S/c1-18-6-8-20-15-21(26(31)29-23(20)13-18)16-30(17-22-5-4-12-34-22)27(35)28-11-10-19-7-9-24(32-2)25(14-19)33-3/h4-9,12-15H,10-11,16-17H2,1-3H3,(H,28,35)(H,29,31).